The standard InChI is InChI=1S/C22H24BrClN2O4S/c1-13-19-20(27)16(11-23)25-26(22(19)31-21(13)24)12-18(30-14-7-9-29-10-8-14)15-5-3-4-6-17(15)28-2/h3-6,14,18H,7-12H2,1-2H3. The lowest BCUT2D eigenvalue weighted by atomic mass is 10.1. The monoisotopic (exact) mass is 526 g/mol. The molecule has 0 radical (unpaired) electrons. The first-order chi connectivity index (χ1) is 15.0. The molecule has 1 unspecified atom stereocenters. The molecule has 9 heteroatoms. The van der Waals surface area contributed by atoms with Crippen LogP contribution in [0.2, 0.25) is 4.34 Å². The molecule has 0 N–H and O–H groups in total. The number of methoxy groups -OCH3 is 1. The van der Waals surface area contributed by atoms with E-state index in [2.05, 4.69) is 21.0 Å². The minimum absolute atomic E-state index is 0.0806. The van der Waals surface area contributed by atoms with E-state index in [1.807, 2.05) is 35.9 Å². The van der Waals surface area contributed by atoms with Crippen LogP contribution in [0.4, 0.5) is 0 Å². The molecule has 0 bridgehead atoms. The summed E-state index contributed by atoms with van der Waals surface area (Å²) in [7, 11) is 1.66. The molecule has 1 aliphatic rings. The molecule has 3 aromatic rings. The van der Waals surface area contributed by atoms with Gasteiger partial charge < -0.3 is 14.2 Å². The molecule has 0 amide bonds. The fourth-order valence-electron chi connectivity index (χ4n) is 3.86. The summed E-state index contributed by atoms with van der Waals surface area (Å²) >= 11 is 11.2. The van der Waals surface area contributed by atoms with Crippen LogP contribution in [0, 0.1) is 6.92 Å². The van der Waals surface area contributed by atoms with Crippen LogP contribution < -0.4 is 10.2 Å². The highest BCUT2D eigenvalue weighted by Gasteiger charge is 2.26. The van der Waals surface area contributed by atoms with Crippen LogP contribution in [-0.2, 0) is 21.3 Å². The Balaban J connectivity index is 1.79. The number of nitrogens with zero attached hydrogens (tertiary/aromatic N) is 2. The van der Waals surface area contributed by atoms with Gasteiger partial charge in [0.15, 0.2) is 0 Å². The number of para-hydroxylation sites is 1. The molecule has 31 heavy (non-hydrogen) atoms. The van der Waals surface area contributed by atoms with Crippen molar-refractivity contribution >= 4 is 49.1 Å². The Hall–Kier alpha value is -1.45. The number of fused-ring (bicyclic) bond motifs is 1. The van der Waals surface area contributed by atoms with Crippen LogP contribution in [-0.4, -0.2) is 36.2 Å². The average molecular weight is 528 g/mol. The molecule has 0 spiro atoms. The first kappa shape index (κ1) is 22.7. The first-order valence-electron chi connectivity index (χ1n) is 10.1. The van der Waals surface area contributed by atoms with Crippen LogP contribution in [0.25, 0.3) is 10.2 Å². The summed E-state index contributed by atoms with van der Waals surface area (Å²) < 4.78 is 20.1. The SMILES string of the molecule is COc1ccccc1C(Cn1nc(CBr)c(=O)c2c(C)c(Cl)sc21)OC1CCOCC1. The number of thiophene rings is 1. The summed E-state index contributed by atoms with van der Waals surface area (Å²) in [5.74, 6) is 0.762. The molecular weight excluding hydrogens is 504 g/mol. The van der Waals surface area contributed by atoms with Crippen molar-refractivity contribution in [1.29, 1.82) is 0 Å². The largest absolute Gasteiger partial charge is 0.496 e. The Morgan fingerprint density at radius 3 is 2.81 bits per heavy atom. The smallest absolute Gasteiger partial charge is 0.213 e. The van der Waals surface area contributed by atoms with Crippen LogP contribution in [0.3, 0.4) is 0 Å². The van der Waals surface area contributed by atoms with Crippen molar-refractivity contribution in [3.05, 3.63) is 55.6 Å². The topological polar surface area (TPSA) is 62.6 Å². The second kappa shape index (κ2) is 10.0. The van der Waals surface area contributed by atoms with Gasteiger partial charge in [0, 0.05) is 18.8 Å². The van der Waals surface area contributed by atoms with E-state index < -0.39 is 0 Å². The number of aromatic nitrogens is 2. The maximum atomic E-state index is 12.9. The van der Waals surface area contributed by atoms with Crippen LogP contribution >= 0.6 is 38.9 Å². The van der Waals surface area contributed by atoms with E-state index in [1.165, 1.54) is 11.3 Å². The van der Waals surface area contributed by atoms with E-state index in [0.29, 0.717) is 40.5 Å². The van der Waals surface area contributed by atoms with Gasteiger partial charge in [-0.1, -0.05) is 45.7 Å². The maximum Gasteiger partial charge on any atom is 0.213 e. The molecule has 4 rings (SSSR count). The van der Waals surface area contributed by atoms with Crippen molar-refractivity contribution in [3.8, 4) is 5.75 Å². The van der Waals surface area contributed by atoms with Crippen LogP contribution in [0.15, 0.2) is 29.1 Å². The molecule has 6 nitrogen and oxygen atoms in total. The van der Waals surface area contributed by atoms with Gasteiger partial charge in [-0.3, -0.25) is 9.48 Å². The number of alkyl halides is 1. The predicted molar refractivity (Wildman–Crippen MR) is 127 cm³/mol. The summed E-state index contributed by atoms with van der Waals surface area (Å²) in [4.78, 5) is 13.7. The normalized spacial score (nSPS) is 16.0. The Labute approximate surface area is 198 Å². The van der Waals surface area contributed by atoms with E-state index in [-0.39, 0.29) is 17.6 Å². The van der Waals surface area contributed by atoms with Crippen molar-refractivity contribution in [3.63, 3.8) is 0 Å². The highest BCUT2D eigenvalue weighted by atomic mass is 79.9. The van der Waals surface area contributed by atoms with Gasteiger partial charge in [-0.15, -0.1) is 11.3 Å². The number of rotatable bonds is 7. The fourth-order valence-corrected chi connectivity index (χ4v) is 5.53. The highest BCUT2D eigenvalue weighted by molar-refractivity contribution is 9.08. The molecule has 166 valence electrons. The predicted octanol–water partition coefficient (Wildman–Crippen LogP) is 5.26. The van der Waals surface area contributed by atoms with Gasteiger partial charge in [0.25, 0.3) is 0 Å². The van der Waals surface area contributed by atoms with Crippen molar-refractivity contribution in [1.82, 2.24) is 9.78 Å². The molecule has 0 saturated carbocycles. The van der Waals surface area contributed by atoms with Crippen LogP contribution in [0.5, 0.6) is 5.75 Å². The zero-order valence-electron chi connectivity index (χ0n) is 17.4. The van der Waals surface area contributed by atoms with E-state index in [0.717, 1.165) is 34.5 Å². The lowest BCUT2D eigenvalue weighted by Gasteiger charge is -2.29. The van der Waals surface area contributed by atoms with E-state index in [1.54, 1.807) is 7.11 Å². The number of hydrogen-bond acceptors (Lipinski definition) is 6. The minimum atomic E-state index is -0.304. The molecule has 1 fully saturated rings. The zero-order valence-corrected chi connectivity index (χ0v) is 20.6. The average Bonchev–Trinajstić information content (AvgIpc) is 3.10. The third kappa shape index (κ3) is 4.68. The third-order valence-corrected chi connectivity index (χ3v) is 7.65. The summed E-state index contributed by atoms with van der Waals surface area (Å²) in [6.45, 7) is 3.69. The van der Waals surface area contributed by atoms with Gasteiger partial charge in [-0.25, -0.2) is 0 Å². The van der Waals surface area contributed by atoms with Gasteiger partial charge in [-0.2, -0.15) is 5.10 Å². The van der Waals surface area contributed by atoms with Crippen molar-refractivity contribution < 1.29 is 14.2 Å². The van der Waals surface area contributed by atoms with Crippen molar-refractivity contribution in [2.24, 2.45) is 0 Å². The summed E-state index contributed by atoms with van der Waals surface area (Å²) in [5.41, 5.74) is 2.12. The first-order valence-corrected chi connectivity index (χ1v) is 12.5. The number of halogens is 2. The second-order valence-electron chi connectivity index (χ2n) is 7.45. The lowest BCUT2D eigenvalue weighted by Crippen LogP contribution is -2.28. The van der Waals surface area contributed by atoms with E-state index >= 15 is 0 Å². The number of benzene rings is 1. The molecule has 1 aromatic carbocycles. The van der Waals surface area contributed by atoms with E-state index in [4.69, 9.17) is 25.8 Å². The van der Waals surface area contributed by atoms with Crippen molar-refractivity contribution in [2.75, 3.05) is 20.3 Å². The van der Waals surface area contributed by atoms with Crippen LogP contribution in [0.1, 0.15) is 35.8 Å². The Morgan fingerprint density at radius 2 is 2.10 bits per heavy atom. The summed E-state index contributed by atoms with van der Waals surface area (Å²) in [5, 5.41) is 5.65. The molecule has 0 aliphatic carbocycles. The molecule has 1 atom stereocenters. The fraction of sp³-hybridized carbons (Fsp3) is 0.455. The zero-order chi connectivity index (χ0) is 22.0. The Bertz CT molecular complexity index is 1130. The van der Waals surface area contributed by atoms with Gasteiger partial charge in [0.2, 0.25) is 5.43 Å². The number of aryl methyl sites for hydroxylation is 1. The van der Waals surface area contributed by atoms with Crippen molar-refractivity contribution in [2.45, 2.75) is 43.8 Å². The highest BCUT2D eigenvalue weighted by Crippen LogP contribution is 2.35. The van der Waals surface area contributed by atoms with Gasteiger partial charge in [-0.05, 0) is 31.4 Å². The number of ether oxygens (including phenoxy) is 3. The number of hydrogen-bond donors (Lipinski definition) is 0. The molecule has 3 heterocycles. The Morgan fingerprint density at radius 1 is 1.35 bits per heavy atom. The molecule has 1 aliphatic heterocycles. The molecule has 2 aromatic heterocycles. The summed E-state index contributed by atoms with van der Waals surface area (Å²) in [6.07, 6.45) is 1.47. The maximum absolute atomic E-state index is 12.9. The summed E-state index contributed by atoms with van der Waals surface area (Å²) in [6, 6.07) is 7.86. The quantitative estimate of drug-likeness (QED) is 0.392. The molecule has 1 saturated heterocycles. The Kier molecular flexibility index (Phi) is 7.33. The third-order valence-electron chi connectivity index (χ3n) is 5.51. The molecular formula is C22H24BrClN2O4S. The van der Waals surface area contributed by atoms with E-state index in [9.17, 15) is 4.79 Å². The van der Waals surface area contributed by atoms with Gasteiger partial charge in [0.1, 0.15) is 22.4 Å². The van der Waals surface area contributed by atoms with Gasteiger partial charge >= 0.3 is 0 Å². The lowest BCUT2D eigenvalue weighted by molar-refractivity contribution is -0.0758. The van der Waals surface area contributed by atoms with Gasteiger partial charge in [0.05, 0.1) is 34.8 Å². The minimum Gasteiger partial charge on any atom is -0.496 e. The second-order valence-corrected chi connectivity index (χ2v) is 9.61.